The van der Waals surface area contributed by atoms with E-state index >= 15 is 0 Å². The van der Waals surface area contributed by atoms with E-state index in [0.29, 0.717) is 6.61 Å². The number of allylic oxidation sites excluding steroid dienone is 2. The van der Waals surface area contributed by atoms with Crippen molar-refractivity contribution in [2.45, 2.75) is 78.1 Å². The molecule has 0 aliphatic heterocycles. The van der Waals surface area contributed by atoms with E-state index in [1.54, 1.807) is 0 Å². The van der Waals surface area contributed by atoms with Gasteiger partial charge in [0.2, 0.25) is 0 Å². The molecule has 0 aliphatic carbocycles. The second kappa shape index (κ2) is 19.5. The van der Waals surface area contributed by atoms with Gasteiger partial charge in [-0.25, -0.2) is 0 Å². The smallest absolute Gasteiger partial charge is 0.300 e. The van der Waals surface area contributed by atoms with Gasteiger partial charge in [-0.15, -0.1) is 0 Å². The van der Waals surface area contributed by atoms with Gasteiger partial charge in [-0.05, 0) is 32.1 Å². The van der Waals surface area contributed by atoms with Crippen LogP contribution in [0.4, 0.5) is 0 Å². The van der Waals surface area contributed by atoms with Crippen LogP contribution in [0.2, 0.25) is 0 Å². The second-order valence-corrected chi connectivity index (χ2v) is 4.77. The van der Waals surface area contributed by atoms with Crippen LogP contribution < -0.4 is 0 Å². The Morgan fingerprint density at radius 2 is 1.32 bits per heavy atom. The molecule has 3 heteroatoms. The van der Waals surface area contributed by atoms with Crippen LogP contribution in [-0.4, -0.2) is 22.8 Å². The first-order valence-corrected chi connectivity index (χ1v) is 7.60. The molecule has 0 spiro atoms. The third-order valence-corrected chi connectivity index (χ3v) is 2.67. The van der Waals surface area contributed by atoms with Crippen molar-refractivity contribution in [3.8, 4) is 0 Å². The van der Waals surface area contributed by atoms with Crippen LogP contribution in [0, 0.1) is 0 Å². The molecule has 0 bridgehead atoms. The second-order valence-electron chi connectivity index (χ2n) is 4.77. The maximum absolute atomic E-state index is 9.00. The normalized spacial score (nSPS) is 10.3. The Labute approximate surface area is 118 Å². The molecule has 0 saturated heterocycles. The van der Waals surface area contributed by atoms with Gasteiger partial charge in [-0.2, -0.15) is 0 Å². The molecular weight excluding hydrogens is 240 g/mol. The first-order valence-electron chi connectivity index (χ1n) is 7.60. The lowest BCUT2D eigenvalue weighted by molar-refractivity contribution is -0.134. The van der Waals surface area contributed by atoms with Gasteiger partial charge >= 0.3 is 0 Å². The molecule has 114 valence electrons. The predicted octanol–water partition coefficient (Wildman–Crippen LogP) is 4.55. The maximum Gasteiger partial charge on any atom is 0.300 e. The lowest BCUT2D eigenvalue weighted by Crippen LogP contribution is -1.80. The number of hydrogen-bond acceptors (Lipinski definition) is 2. The average molecular weight is 272 g/mol. The number of aliphatic carboxylic acids is 1. The number of carboxylic acid groups (broad SMARTS) is 1. The summed E-state index contributed by atoms with van der Waals surface area (Å²) in [6, 6.07) is 0. The van der Waals surface area contributed by atoms with Gasteiger partial charge in [0.25, 0.3) is 5.97 Å². The Kier molecular flexibility index (Phi) is 21.0. The average Bonchev–Trinajstić information content (AvgIpc) is 2.35. The van der Waals surface area contributed by atoms with Gasteiger partial charge < -0.3 is 10.2 Å². The van der Waals surface area contributed by atoms with Crippen LogP contribution in [0.1, 0.15) is 78.1 Å². The van der Waals surface area contributed by atoms with Crippen LogP contribution in [-0.2, 0) is 4.79 Å². The van der Waals surface area contributed by atoms with Crippen molar-refractivity contribution >= 4 is 5.97 Å². The zero-order valence-electron chi connectivity index (χ0n) is 12.7. The van der Waals surface area contributed by atoms with Crippen molar-refractivity contribution in [1.82, 2.24) is 0 Å². The minimum absolute atomic E-state index is 0.339. The molecule has 0 fully saturated rings. The molecule has 2 N–H and O–H groups in total. The maximum atomic E-state index is 9.00. The lowest BCUT2D eigenvalue weighted by atomic mass is 10.1. The summed E-state index contributed by atoms with van der Waals surface area (Å²) in [5, 5.41) is 16.0. The molecule has 0 aromatic rings. The predicted molar refractivity (Wildman–Crippen MR) is 81.4 cm³/mol. The highest BCUT2D eigenvalue weighted by atomic mass is 16.4. The fourth-order valence-corrected chi connectivity index (χ4v) is 1.65. The van der Waals surface area contributed by atoms with Gasteiger partial charge in [-0.1, -0.05) is 51.2 Å². The summed E-state index contributed by atoms with van der Waals surface area (Å²) in [5.74, 6) is -0.833. The van der Waals surface area contributed by atoms with Gasteiger partial charge in [0.1, 0.15) is 0 Å². The quantitative estimate of drug-likeness (QED) is 0.428. The molecule has 0 aromatic carbocycles. The largest absolute Gasteiger partial charge is 0.481 e. The van der Waals surface area contributed by atoms with E-state index in [1.807, 2.05) is 0 Å². The third-order valence-electron chi connectivity index (χ3n) is 2.67. The van der Waals surface area contributed by atoms with Crippen molar-refractivity contribution < 1.29 is 15.0 Å². The molecular formula is C16H32O3. The van der Waals surface area contributed by atoms with E-state index in [2.05, 4.69) is 19.1 Å². The van der Waals surface area contributed by atoms with E-state index in [0.717, 1.165) is 26.2 Å². The van der Waals surface area contributed by atoms with Crippen LogP contribution in [0.3, 0.4) is 0 Å². The first-order chi connectivity index (χ1) is 9.15. The van der Waals surface area contributed by atoms with E-state index < -0.39 is 5.97 Å². The fourth-order valence-electron chi connectivity index (χ4n) is 1.65. The van der Waals surface area contributed by atoms with Crippen LogP contribution in [0.15, 0.2) is 12.2 Å². The molecule has 0 heterocycles. The molecule has 0 aliphatic rings. The number of carboxylic acids is 1. The highest BCUT2D eigenvalue weighted by Gasteiger charge is 1.88. The van der Waals surface area contributed by atoms with Crippen molar-refractivity contribution in [3.05, 3.63) is 12.2 Å². The molecule has 0 saturated carbocycles. The number of unbranched alkanes of at least 4 members (excludes halogenated alkanes) is 8. The Morgan fingerprint density at radius 1 is 0.895 bits per heavy atom. The van der Waals surface area contributed by atoms with Crippen molar-refractivity contribution in [3.63, 3.8) is 0 Å². The van der Waals surface area contributed by atoms with Gasteiger partial charge in [0, 0.05) is 13.5 Å². The van der Waals surface area contributed by atoms with Gasteiger partial charge in [0.15, 0.2) is 0 Å². The number of aliphatic hydroxyl groups is 1. The Hall–Kier alpha value is -0.830. The summed E-state index contributed by atoms with van der Waals surface area (Å²) >= 11 is 0. The van der Waals surface area contributed by atoms with E-state index in [4.69, 9.17) is 15.0 Å². The van der Waals surface area contributed by atoms with Crippen molar-refractivity contribution in [2.24, 2.45) is 0 Å². The SMILES string of the molecule is CC(=O)O.CCCCCCCCC=CCCCCO. The van der Waals surface area contributed by atoms with E-state index in [-0.39, 0.29) is 0 Å². The van der Waals surface area contributed by atoms with Crippen LogP contribution >= 0.6 is 0 Å². The number of carbonyl (C=O) groups is 1. The Balaban J connectivity index is 0. The number of aliphatic hydroxyl groups excluding tert-OH is 1. The minimum Gasteiger partial charge on any atom is -0.481 e. The standard InChI is InChI=1S/C14H28O.C2H4O2/c1-2-3-4-5-6-7-8-9-10-11-12-13-14-15;1-2(3)4/h9-10,15H,2-8,11-14H2,1H3;1H3,(H,3,4). The summed E-state index contributed by atoms with van der Waals surface area (Å²) in [6.07, 6.45) is 17.3. The van der Waals surface area contributed by atoms with E-state index in [9.17, 15) is 0 Å². The summed E-state index contributed by atoms with van der Waals surface area (Å²) in [7, 11) is 0. The summed E-state index contributed by atoms with van der Waals surface area (Å²) in [5.41, 5.74) is 0. The summed E-state index contributed by atoms with van der Waals surface area (Å²) in [6.45, 7) is 3.68. The monoisotopic (exact) mass is 272 g/mol. The first kappa shape index (κ1) is 20.5. The highest BCUT2D eigenvalue weighted by Crippen LogP contribution is 2.07. The van der Waals surface area contributed by atoms with Crippen LogP contribution in [0.25, 0.3) is 0 Å². The topological polar surface area (TPSA) is 57.5 Å². The summed E-state index contributed by atoms with van der Waals surface area (Å²) < 4.78 is 0. The Bertz CT molecular complexity index is 196. The molecule has 0 unspecified atom stereocenters. The molecule has 0 aromatic heterocycles. The van der Waals surface area contributed by atoms with Crippen molar-refractivity contribution in [2.75, 3.05) is 6.61 Å². The molecule has 0 atom stereocenters. The molecule has 0 rings (SSSR count). The zero-order chi connectivity index (χ0) is 14.8. The highest BCUT2D eigenvalue weighted by molar-refractivity contribution is 5.62. The number of rotatable bonds is 11. The molecule has 0 amide bonds. The molecule has 0 radical (unpaired) electrons. The molecule has 19 heavy (non-hydrogen) atoms. The van der Waals surface area contributed by atoms with Gasteiger partial charge in [-0.3, -0.25) is 4.79 Å². The molecule has 3 nitrogen and oxygen atoms in total. The third kappa shape index (κ3) is 31.7. The Morgan fingerprint density at radius 3 is 1.79 bits per heavy atom. The zero-order valence-corrected chi connectivity index (χ0v) is 12.7. The summed E-state index contributed by atoms with van der Waals surface area (Å²) in [4.78, 5) is 9.00. The lowest BCUT2D eigenvalue weighted by Gasteiger charge is -1.97. The van der Waals surface area contributed by atoms with E-state index in [1.165, 1.54) is 44.9 Å². The van der Waals surface area contributed by atoms with Gasteiger partial charge in [0.05, 0.1) is 0 Å². The fraction of sp³-hybridized carbons (Fsp3) is 0.812. The number of hydrogen-bond donors (Lipinski definition) is 2. The van der Waals surface area contributed by atoms with Crippen molar-refractivity contribution in [1.29, 1.82) is 0 Å². The van der Waals surface area contributed by atoms with Crippen LogP contribution in [0.5, 0.6) is 0 Å². The minimum atomic E-state index is -0.833.